The van der Waals surface area contributed by atoms with E-state index in [-0.39, 0.29) is 15.6 Å². The first-order chi connectivity index (χ1) is 7.40. The number of benzene rings is 1. The summed E-state index contributed by atoms with van der Waals surface area (Å²) in [6.07, 6.45) is 0. The Labute approximate surface area is 100 Å². The fourth-order valence-corrected chi connectivity index (χ4v) is 1.55. The zero-order valence-corrected chi connectivity index (χ0v) is 9.37. The first kappa shape index (κ1) is 13.0. The van der Waals surface area contributed by atoms with Crippen LogP contribution in [0.25, 0.3) is 0 Å². The van der Waals surface area contributed by atoms with E-state index in [1.165, 1.54) is 0 Å². The number of phenolic OH excluding ortho intramolecular Hbond substituents is 1. The lowest BCUT2D eigenvalue weighted by Crippen LogP contribution is -2.15. The van der Waals surface area contributed by atoms with Crippen LogP contribution in [0.15, 0.2) is 6.07 Å². The van der Waals surface area contributed by atoms with E-state index in [0.717, 1.165) is 6.07 Å². The van der Waals surface area contributed by atoms with Crippen molar-refractivity contribution in [3.05, 3.63) is 31.8 Å². The van der Waals surface area contributed by atoms with Gasteiger partial charge >= 0.3 is 0 Å². The molecule has 0 unspecified atom stereocenters. The molecule has 8 heteroatoms. The Balaban J connectivity index is 3.47. The number of hydrogen-bond acceptors (Lipinski definition) is 5. The van der Waals surface area contributed by atoms with Crippen LogP contribution in [0.1, 0.15) is 11.6 Å². The average Bonchev–Trinajstić information content (AvgIpc) is 2.25. The normalized spacial score (nSPS) is 12.5. The van der Waals surface area contributed by atoms with Crippen LogP contribution in [0, 0.1) is 10.1 Å². The van der Waals surface area contributed by atoms with Crippen LogP contribution in [-0.2, 0) is 0 Å². The molecule has 1 aromatic carbocycles. The summed E-state index contributed by atoms with van der Waals surface area (Å²) in [6, 6.07) is 0.0261. The Kier molecular flexibility index (Phi) is 3.93. The van der Waals surface area contributed by atoms with Crippen LogP contribution in [0.4, 0.5) is 5.69 Å². The number of nitrogens with two attached hydrogens (primary N) is 1. The van der Waals surface area contributed by atoms with Gasteiger partial charge in [-0.3, -0.25) is 10.1 Å². The number of rotatable bonds is 3. The van der Waals surface area contributed by atoms with E-state index >= 15 is 0 Å². The molecular formula is C8H8Cl2N2O4. The van der Waals surface area contributed by atoms with Crippen molar-refractivity contribution in [2.45, 2.75) is 6.04 Å². The topological polar surface area (TPSA) is 110 Å². The van der Waals surface area contributed by atoms with Crippen LogP contribution in [0.2, 0.25) is 10.0 Å². The molecule has 1 aromatic rings. The second-order valence-electron chi connectivity index (χ2n) is 3.01. The third-order valence-corrected chi connectivity index (χ3v) is 2.83. The molecule has 0 radical (unpaired) electrons. The van der Waals surface area contributed by atoms with Crippen molar-refractivity contribution in [2.75, 3.05) is 6.61 Å². The lowest BCUT2D eigenvalue weighted by molar-refractivity contribution is -0.384. The molecule has 0 aliphatic rings. The van der Waals surface area contributed by atoms with Gasteiger partial charge in [0.05, 0.1) is 17.6 Å². The number of nitro groups is 1. The number of hydrogen-bond donors (Lipinski definition) is 3. The summed E-state index contributed by atoms with van der Waals surface area (Å²) in [7, 11) is 0. The highest BCUT2D eigenvalue weighted by Gasteiger charge is 2.24. The molecule has 0 fully saturated rings. The Morgan fingerprint density at radius 2 is 2.06 bits per heavy atom. The van der Waals surface area contributed by atoms with Gasteiger partial charge in [0.25, 0.3) is 5.69 Å². The molecule has 88 valence electrons. The Morgan fingerprint density at radius 3 is 2.50 bits per heavy atom. The molecule has 0 spiro atoms. The zero-order valence-electron chi connectivity index (χ0n) is 7.85. The number of aliphatic hydroxyl groups excluding tert-OH is 1. The van der Waals surface area contributed by atoms with E-state index in [1.807, 2.05) is 0 Å². The number of phenols is 1. The lowest BCUT2D eigenvalue weighted by atomic mass is 10.1. The van der Waals surface area contributed by atoms with E-state index in [1.54, 1.807) is 0 Å². The number of halogens is 2. The van der Waals surface area contributed by atoms with Gasteiger partial charge in [0.2, 0.25) is 0 Å². The zero-order chi connectivity index (χ0) is 12.5. The van der Waals surface area contributed by atoms with E-state index in [2.05, 4.69) is 0 Å². The number of nitro benzene ring substituents is 1. The summed E-state index contributed by atoms with van der Waals surface area (Å²) in [6.45, 7) is -0.483. The van der Waals surface area contributed by atoms with Gasteiger partial charge in [-0.1, -0.05) is 23.2 Å². The maximum atomic E-state index is 10.6. The summed E-state index contributed by atoms with van der Waals surface area (Å²) < 4.78 is 0. The molecule has 0 aromatic heterocycles. The maximum Gasteiger partial charge on any atom is 0.290 e. The van der Waals surface area contributed by atoms with Crippen LogP contribution in [0.5, 0.6) is 5.75 Å². The van der Waals surface area contributed by atoms with Crippen molar-refractivity contribution in [1.82, 2.24) is 0 Å². The van der Waals surface area contributed by atoms with Gasteiger partial charge in [-0.25, -0.2) is 0 Å². The Bertz CT molecular complexity index is 439. The molecule has 0 bridgehead atoms. The van der Waals surface area contributed by atoms with Crippen molar-refractivity contribution in [1.29, 1.82) is 0 Å². The van der Waals surface area contributed by atoms with E-state index in [9.17, 15) is 15.2 Å². The minimum Gasteiger partial charge on any atom is -0.506 e. The molecule has 0 saturated heterocycles. The third-order valence-electron chi connectivity index (χ3n) is 1.98. The SMILES string of the molecule is N[C@@H](CO)c1cc([N+](=O)[O-])c(Cl)c(Cl)c1O. The van der Waals surface area contributed by atoms with Gasteiger partial charge in [-0.15, -0.1) is 0 Å². The van der Waals surface area contributed by atoms with Crippen LogP contribution in [-0.4, -0.2) is 21.7 Å². The second-order valence-corrected chi connectivity index (χ2v) is 3.76. The fraction of sp³-hybridized carbons (Fsp3) is 0.250. The molecule has 4 N–H and O–H groups in total. The minimum atomic E-state index is -0.964. The molecule has 1 rings (SSSR count). The highest BCUT2D eigenvalue weighted by Crippen LogP contribution is 2.42. The smallest absolute Gasteiger partial charge is 0.290 e. The summed E-state index contributed by atoms with van der Waals surface area (Å²) in [4.78, 5) is 9.88. The lowest BCUT2D eigenvalue weighted by Gasteiger charge is -2.12. The second kappa shape index (κ2) is 4.84. The van der Waals surface area contributed by atoms with Crippen LogP contribution in [0.3, 0.4) is 0 Å². The number of aromatic hydroxyl groups is 1. The summed E-state index contributed by atoms with van der Waals surface area (Å²) >= 11 is 11.2. The highest BCUT2D eigenvalue weighted by molar-refractivity contribution is 6.44. The predicted octanol–water partition coefficient (Wildman–Crippen LogP) is 1.60. The van der Waals surface area contributed by atoms with Crippen molar-refractivity contribution >= 4 is 28.9 Å². The molecule has 6 nitrogen and oxygen atoms in total. The average molecular weight is 267 g/mol. The number of aliphatic hydroxyl groups is 1. The summed E-state index contributed by atoms with van der Waals surface area (Å²) in [5.74, 6) is -0.459. The van der Waals surface area contributed by atoms with Crippen LogP contribution < -0.4 is 5.73 Å². The fourth-order valence-electron chi connectivity index (χ4n) is 1.14. The van der Waals surface area contributed by atoms with Crippen molar-refractivity contribution in [2.24, 2.45) is 5.73 Å². The first-order valence-electron chi connectivity index (χ1n) is 4.11. The predicted molar refractivity (Wildman–Crippen MR) is 58.8 cm³/mol. The van der Waals surface area contributed by atoms with Gasteiger partial charge in [-0.05, 0) is 0 Å². The highest BCUT2D eigenvalue weighted by atomic mass is 35.5. The standard InChI is InChI=1S/C8H8Cl2N2O4/c9-6-5(12(15)16)1-3(4(11)2-13)8(14)7(6)10/h1,4,13-14H,2,11H2/t4-/m0/s1. The van der Waals surface area contributed by atoms with Crippen LogP contribution >= 0.6 is 23.2 Å². The minimum absolute atomic E-state index is 0.0244. The van der Waals surface area contributed by atoms with Crippen molar-refractivity contribution in [3.8, 4) is 5.75 Å². The van der Waals surface area contributed by atoms with Gasteiger partial charge in [0.1, 0.15) is 15.8 Å². The molecule has 0 amide bonds. The molecule has 16 heavy (non-hydrogen) atoms. The van der Waals surface area contributed by atoms with Gasteiger partial charge < -0.3 is 15.9 Å². The largest absolute Gasteiger partial charge is 0.506 e. The number of nitrogens with zero attached hydrogens (tertiary/aromatic N) is 1. The van der Waals surface area contributed by atoms with Gasteiger partial charge in [-0.2, -0.15) is 0 Å². The van der Waals surface area contributed by atoms with Crippen molar-refractivity contribution in [3.63, 3.8) is 0 Å². The molecular weight excluding hydrogens is 259 g/mol. The van der Waals surface area contributed by atoms with E-state index < -0.39 is 29.0 Å². The molecule has 0 saturated carbocycles. The van der Waals surface area contributed by atoms with Gasteiger partial charge in [0, 0.05) is 11.6 Å². The molecule has 0 heterocycles. The molecule has 0 aliphatic heterocycles. The van der Waals surface area contributed by atoms with Gasteiger partial charge in [0.15, 0.2) is 0 Å². The molecule has 0 aliphatic carbocycles. The Hall–Kier alpha value is -1.08. The molecule has 1 atom stereocenters. The van der Waals surface area contributed by atoms with Crippen molar-refractivity contribution < 1.29 is 15.1 Å². The summed E-state index contributed by atoms with van der Waals surface area (Å²) in [5.41, 5.74) is 4.96. The van der Waals surface area contributed by atoms with E-state index in [0.29, 0.717) is 0 Å². The van der Waals surface area contributed by atoms with E-state index in [4.69, 9.17) is 34.0 Å². The monoisotopic (exact) mass is 266 g/mol. The first-order valence-corrected chi connectivity index (χ1v) is 4.87. The quantitative estimate of drug-likeness (QED) is 0.569. The third kappa shape index (κ3) is 2.19. The Morgan fingerprint density at radius 1 is 1.50 bits per heavy atom. The maximum absolute atomic E-state index is 10.6. The summed E-state index contributed by atoms with van der Waals surface area (Å²) in [5, 5.41) is 28.3.